The molecule has 1 N–H and O–H groups in total. The fourth-order valence-electron chi connectivity index (χ4n) is 3.55. The molecule has 2 aliphatic rings. The number of amides is 3. The molecule has 1 fully saturated rings. The van der Waals surface area contributed by atoms with Crippen molar-refractivity contribution < 1.29 is 23.9 Å². The maximum absolute atomic E-state index is 12.6. The highest BCUT2D eigenvalue weighted by atomic mass is 16.5. The van der Waals surface area contributed by atoms with Gasteiger partial charge in [-0.05, 0) is 44.9 Å². The molecule has 4 atom stereocenters. The number of rotatable bonds is 5. The predicted molar refractivity (Wildman–Crippen MR) is 102 cm³/mol. The molecule has 8 heteroatoms. The number of ether oxygens (including phenoxy) is 1. The maximum Gasteiger partial charge on any atom is 0.329 e. The van der Waals surface area contributed by atoms with Crippen molar-refractivity contribution in [1.82, 2.24) is 4.90 Å². The zero-order valence-electron chi connectivity index (χ0n) is 16.1. The van der Waals surface area contributed by atoms with Crippen LogP contribution in [0.25, 0.3) is 0 Å². The van der Waals surface area contributed by atoms with Gasteiger partial charge in [0.1, 0.15) is 6.04 Å². The lowest BCUT2D eigenvalue weighted by Gasteiger charge is -2.23. The van der Waals surface area contributed by atoms with Crippen molar-refractivity contribution in [2.45, 2.75) is 38.8 Å². The molecule has 3 amide bonds. The second-order valence-corrected chi connectivity index (χ2v) is 7.14. The van der Waals surface area contributed by atoms with Crippen molar-refractivity contribution in [3.63, 3.8) is 0 Å². The molecule has 1 heterocycles. The maximum atomic E-state index is 12.6. The standard InChI is InChI=1S/C21H21N3O5/c1-12(24-19(26)16-8-3-4-9-17(16)20(24)27)21(28)29-13(2)18(25)23-15-7-5-6-14(10-15)11-22/h3-7,10,12-13,16-17H,8-9H2,1-2H3,(H,23,25). The number of nitriles is 1. The largest absolute Gasteiger partial charge is 0.451 e. The number of allylic oxidation sites excluding steroid dienone is 2. The summed E-state index contributed by atoms with van der Waals surface area (Å²) in [6, 6.07) is 7.16. The van der Waals surface area contributed by atoms with Gasteiger partial charge in [-0.3, -0.25) is 19.3 Å². The molecule has 0 spiro atoms. The van der Waals surface area contributed by atoms with Crippen LogP contribution in [0.5, 0.6) is 0 Å². The number of fused-ring (bicyclic) bond motifs is 1. The molecule has 1 aliphatic carbocycles. The normalized spacial score (nSPS) is 22.4. The summed E-state index contributed by atoms with van der Waals surface area (Å²) >= 11 is 0. The van der Waals surface area contributed by atoms with Crippen molar-refractivity contribution in [2.24, 2.45) is 11.8 Å². The zero-order chi connectivity index (χ0) is 21.1. The molecule has 0 saturated carbocycles. The van der Waals surface area contributed by atoms with Gasteiger partial charge in [0.2, 0.25) is 11.8 Å². The molecule has 1 aliphatic heterocycles. The minimum Gasteiger partial charge on any atom is -0.451 e. The summed E-state index contributed by atoms with van der Waals surface area (Å²) in [6.07, 6.45) is 3.55. The van der Waals surface area contributed by atoms with E-state index in [1.807, 2.05) is 18.2 Å². The molecule has 29 heavy (non-hydrogen) atoms. The van der Waals surface area contributed by atoms with Crippen LogP contribution in [0.2, 0.25) is 0 Å². The van der Waals surface area contributed by atoms with Gasteiger partial charge in [-0.25, -0.2) is 4.79 Å². The lowest BCUT2D eigenvalue weighted by Crippen LogP contribution is -2.46. The molecule has 1 aromatic carbocycles. The van der Waals surface area contributed by atoms with Crippen LogP contribution in [0.1, 0.15) is 32.3 Å². The van der Waals surface area contributed by atoms with Gasteiger partial charge in [0.15, 0.2) is 6.10 Å². The highest BCUT2D eigenvalue weighted by Crippen LogP contribution is 2.36. The van der Waals surface area contributed by atoms with Gasteiger partial charge in [-0.15, -0.1) is 0 Å². The first kappa shape index (κ1) is 20.3. The molecular weight excluding hydrogens is 374 g/mol. The predicted octanol–water partition coefficient (Wildman–Crippen LogP) is 1.77. The molecule has 4 unspecified atom stereocenters. The van der Waals surface area contributed by atoms with Gasteiger partial charge in [0.05, 0.1) is 23.5 Å². The molecule has 1 aromatic rings. The van der Waals surface area contributed by atoms with Crippen LogP contribution in [-0.2, 0) is 23.9 Å². The smallest absolute Gasteiger partial charge is 0.329 e. The van der Waals surface area contributed by atoms with Gasteiger partial charge in [-0.1, -0.05) is 18.2 Å². The van der Waals surface area contributed by atoms with E-state index in [-0.39, 0.29) is 11.8 Å². The van der Waals surface area contributed by atoms with Crippen molar-refractivity contribution in [1.29, 1.82) is 5.26 Å². The van der Waals surface area contributed by atoms with Crippen LogP contribution < -0.4 is 5.32 Å². The molecule has 0 aromatic heterocycles. The number of carbonyl (C=O) groups excluding carboxylic acids is 4. The number of nitrogens with zero attached hydrogens (tertiary/aromatic N) is 2. The summed E-state index contributed by atoms with van der Waals surface area (Å²) < 4.78 is 5.19. The third-order valence-corrected chi connectivity index (χ3v) is 5.19. The SMILES string of the molecule is CC(OC(=O)C(C)N1C(=O)C2CC=CCC2C1=O)C(=O)Nc1cccc(C#N)c1. The summed E-state index contributed by atoms with van der Waals surface area (Å²) in [7, 11) is 0. The summed E-state index contributed by atoms with van der Waals surface area (Å²) in [5, 5.41) is 11.5. The number of hydrogen-bond donors (Lipinski definition) is 1. The van der Waals surface area contributed by atoms with Crippen molar-refractivity contribution in [2.75, 3.05) is 5.32 Å². The number of anilines is 1. The highest BCUT2D eigenvalue weighted by molar-refractivity contribution is 6.08. The van der Waals surface area contributed by atoms with Gasteiger partial charge >= 0.3 is 5.97 Å². The Bertz CT molecular complexity index is 906. The Kier molecular flexibility index (Phi) is 5.78. The fourth-order valence-corrected chi connectivity index (χ4v) is 3.55. The monoisotopic (exact) mass is 395 g/mol. The van der Waals surface area contributed by atoms with Crippen molar-refractivity contribution in [3.05, 3.63) is 42.0 Å². The quantitative estimate of drug-likeness (QED) is 0.461. The summed E-state index contributed by atoms with van der Waals surface area (Å²) in [4.78, 5) is 50.9. The topological polar surface area (TPSA) is 117 Å². The van der Waals surface area contributed by atoms with Crippen LogP contribution >= 0.6 is 0 Å². The second-order valence-electron chi connectivity index (χ2n) is 7.14. The van der Waals surface area contributed by atoms with E-state index in [0.29, 0.717) is 24.1 Å². The number of carbonyl (C=O) groups is 4. The third-order valence-electron chi connectivity index (χ3n) is 5.19. The van der Waals surface area contributed by atoms with Gasteiger partial charge in [0.25, 0.3) is 5.91 Å². The van der Waals surface area contributed by atoms with E-state index in [0.717, 1.165) is 4.90 Å². The van der Waals surface area contributed by atoms with E-state index in [2.05, 4.69) is 5.32 Å². The van der Waals surface area contributed by atoms with Crippen molar-refractivity contribution in [3.8, 4) is 6.07 Å². The first-order valence-electron chi connectivity index (χ1n) is 9.37. The Morgan fingerprint density at radius 1 is 1.17 bits per heavy atom. The van der Waals surface area contributed by atoms with E-state index in [9.17, 15) is 19.2 Å². The fraction of sp³-hybridized carbons (Fsp3) is 0.381. The van der Waals surface area contributed by atoms with Crippen LogP contribution in [-0.4, -0.2) is 40.7 Å². The first-order valence-corrected chi connectivity index (χ1v) is 9.37. The molecule has 3 rings (SSSR count). The average molecular weight is 395 g/mol. The van der Waals surface area contributed by atoms with Crippen LogP contribution in [0.15, 0.2) is 36.4 Å². The summed E-state index contributed by atoms with van der Waals surface area (Å²) in [5.74, 6) is -3.03. The van der Waals surface area contributed by atoms with Crippen LogP contribution in [0, 0.1) is 23.2 Å². The molecule has 0 bridgehead atoms. The Morgan fingerprint density at radius 2 is 1.79 bits per heavy atom. The highest BCUT2D eigenvalue weighted by Gasteiger charge is 2.50. The Morgan fingerprint density at radius 3 is 2.38 bits per heavy atom. The van der Waals surface area contributed by atoms with Gasteiger partial charge in [-0.2, -0.15) is 5.26 Å². The van der Waals surface area contributed by atoms with Gasteiger partial charge < -0.3 is 10.1 Å². The Balaban J connectivity index is 1.61. The van der Waals surface area contributed by atoms with Gasteiger partial charge in [0, 0.05) is 5.69 Å². The number of nitrogens with one attached hydrogen (secondary N) is 1. The number of esters is 1. The van der Waals surface area contributed by atoms with E-state index in [1.54, 1.807) is 18.2 Å². The van der Waals surface area contributed by atoms with Crippen LogP contribution in [0.3, 0.4) is 0 Å². The third kappa shape index (κ3) is 4.04. The molecule has 1 saturated heterocycles. The number of hydrogen-bond acceptors (Lipinski definition) is 6. The van der Waals surface area contributed by atoms with E-state index >= 15 is 0 Å². The molecule has 8 nitrogen and oxygen atoms in total. The van der Waals surface area contributed by atoms with Crippen molar-refractivity contribution >= 4 is 29.4 Å². The number of imide groups is 1. The van der Waals surface area contributed by atoms with E-state index < -0.39 is 35.9 Å². The van der Waals surface area contributed by atoms with E-state index in [4.69, 9.17) is 10.00 Å². The lowest BCUT2D eigenvalue weighted by molar-refractivity contribution is -0.163. The lowest BCUT2D eigenvalue weighted by atomic mass is 9.85. The van der Waals surface area contributed by atoms with Crippen LogP contribution in [0.4, 0.5) is 5.69 Å². The molecule has 150 valence electrons. The second kappa shape index (κ2) is 8.27. The number of benzene rings is 1. The molecule has 0 radical (unpaired) electrons. The Hall–Kier alpha value is -3.47. The van der Waals surface area contributed by atoms with E-state index in [1.165, 1.54) is 19.9 Å². The average Bonchev–Trinajstić information content (AvgIpc) is 2.98. The molecular formula is C21H21N3O5. The first-order chi connectivity index (χ1) is 13.8. The zero-order valence-corrected chi connectivity index (χ0v) is 16.1. The Labute approximate surface area is 168 Å². The minimum absolute atomic E-state index is 0.376. The summed E-state index contributed by atoms with van der Waals surface area (Å²) in [5.41, 5.74) is 0.773. The minimum atomic E-state index is -1.15. The summed E-state index contributed by atoms with van der Waals surface area (Å²) in [6.45, 7) is 2.81. The number of likely N-dealkylation sites (tertiary alicyclic amines) is 1.